The van der Waals surface area contributed by atoms with Gasteiger partial charge in [0.05, 0.1) is 23.6 Å². The summed E-state index contributed by atoms with van der Waals surface area (Å²) in [6.07, 6.45) is 4.06. The molecule has 152 valence electrons. The quantitative estimate of drug-likeness (QED) is 0.506. The van der Waals surface area contributed by atoms with Gasteiger partial charge in [0.25, 0.3) is 0 Å². The second-order valence-corrected chi connectivity index (χ2v) is 7.88. The van der Waals surface area contributed by atoms with Crippen LogP contribution in [0, 0.1) is 11.3 Å². The molecule has 4 rings (SSSR count). The number of pyridine rings is 1. The summed E-state index contributed by atoms with van der Waals surface area (Å²) in [6.45, 7) is 4.45. The maximum absolute atomic E-state index is 9.42. The molecule has 4 nitrogen and oxygen atoms in total. The fourth-order valence-corrected chi connectivity index (χ4v) is 4.27. The number of halogens is 1. The molecule has 3 aromatic rings. The van der Waals surface area contributed by atoms with Crippen LogP contribution in [0.1, 0.15) is 36.8 Å². The molecule has 1 aromatic heterocycles. The minimum absolute atomic E-state index is 0.475. The van der Waals surface area contributed by atoms with Crippen molar-refractivity contribution in [2.45, 2.75) is 25.7 Å². The fraction of sp³-hybridized carbons (Fsp3) is 0.280. The Kier molecular flexibility index (Phi) is 6.21. The van der Waals surface area contributed by atoms with E-state index in [0.717, 1.165) is 48.6 Å². The topological polar surface area (TPSA) is 49.1 Å². The number of rotatable bonds is 5. The molecule has 0 spiro atoms. The first-order valence-corrected chi connectivity index (χ1v) is 10.7. The number of nitrogens with zero attached hydrogens (tertiary/aromatic N) is 3. The van der Waals surface area contributed by atoms with Gasteiger partial charge < -0.3 is 9.64 Å². The van der Waals surface area contributed by atoms with Crippen LogP contribution in [0.15, 0.2) is 60.8 Å². The molecule has 0 amide bonds. The van der Waals surface area contributed by atoms with E-state index >= 15 is 0 Å². The van der Waals surface area contributed by atoms with Crippen LogP contribution in [0.3, 0.4) is 0 Å². The van der Waals surface area contributed by atoms with Crippen molar-refractivity contribution in [2.75, 3.05) is 24.6 Å². The smallest absolute Gasteiger partial charge is 0.128 e. The van der Waals surface area contributed by atoms with E-state index in [1.54, 1.807) is 6.07 Å². The Bertz CT molecular complexity index is 1050. The first kappa shape index (κ1) is 20.3. The van der Waals surface area contributed by atoms with E-state index in [2.05, 4.69) is 23.1 Å². The molecule has 0 N–H and O–H groups in total. The van der Waals surface area contributed by atoms with Gasteiger partial charge in [-0.1, -0.05) is 29.8 Å². The van der Waals surface area contributed by atoms with Crippen LogP contribution in [0.4, 0.5) is 5.69 Å². The van der Waals surface area contributed by atoms with E-state index in [-0.39, 0.29) is 0 Å². The number of hydrogen-bond donors (Lipinski definition) is 0. The number of para-hydroxylation sites is 1. The third-order valence-electron chi connectivity index (χ3n) is 5.64. The molecule has 2 heterocycles. The van der Waals surface area contributed by atoms with E-state index in [1.165, 1.54) is 5.56 Å². The van der Waals surface area contributed by atoms with E-state index in [4.69, 9.17) is 21.3 Å². The van der Waals surface area contributed by atoms with Gasteiger partial charge in [-0.25, -0.2) is 0 Å². The zero-order valence-corrected chi connectivity index (χ0v) is 17.8. The molecule has 0 saturated carbocycles. The van der Waals surface area contributed by atoms with E-state index in [0.29, 0.717) is 23.1 Å². The average molecular weight is 418 g/mol. The third-order valence-corrected chi connectivity index (χ3v) is 5.87. The van der Waals surface area contributed by atoms with E-state index < -0.39 is 0 Å². The SMILES string of the molecule is CCOc1ccccc1-c1ccc(C2CCN(c3ccc(Cl)cc3C#N)CC2)cn1. The van der Waals surface area contributed by atoms with Gasteiger partial charge in [0.15, 0.2) is 0 Å². The normalized spacial score (nSPS) is 14.4. The Balaban J connectivity index is 1.46. The monoisotopic (exact) mass is 417 g/mol. The van der Waals surface area contributed by atoms with E-state index in [9.17, 15) is 5.26 Å². The van der Waals surface area contributed by atoms with Crippen molar-refractivity contribution in [2.24, 2.45) is 0 Å². The van der Waals surface area contributed by atoms with Crippen molar-refractivity contribution in [3.63, 3.8) is 0 Å². The van der Waals surface area contributed by atoms with Gasteiger partial charge in [-0.15, -0.1) is 0 Å². The first-order chi connectivity index (χ1) is 14.7. The highest BCUT2D eigenvalue weighted by atomic mass is 35.5. The molecule has 1 saturated heterocycles. The lowest BCUT2D eigenvalue weighted by molar-refractivity contribution is 0.341. The van der Waals surface area contributed by atoms with Gasteiger partial charge in [0, 0.05) is 29.9 Å². The van der Waals surface area contributed by atoms with Gasteiger partial charge in [0.1, 0.15) is 11.8 Å². The number of piperidine rings is 1. The molecule has 30 heavy (non-hydrogen) atoms. The summed E-state index contributed by atoms with van der Waals surface area (Å²) in [7, 11) is 0. The third kappa shape index (κ3) is 4.27. The van der Waals surface area contributed by atoms with Gasteiger partial charge in [0.2, 0.25) is 0 Å². The second kappa shape index (κ2) is 9.19. The van der Waals surface area contributed by atoms with Crippen LogP contribution in [0.25, 0.3) is 11.3 Å². The fourth-order valence-electron chi connectivity index (χ4n) is 4.09. The molecule has 2 aromatic carbocycles. The summed E-state index contributed by atoms with van der Waals surface area (Å²) in [5.74, 6) is 1.34. The summed E-state index contributed by atoms with van der Waals surface area (Å²) < 4.78 is 5.74. The summed E-state index contributed by atoms with van der Waals surface area (Å²) in [4.78, 5) is 7.01. The average Bonchev–Trinajstić information content (AvgIpc) is 2.80. The van der Waals surface area contributed by atoms with E-state index in [1.807, 2.05) is 49.5 Å². The molecular formula is C25H24ClN3O. The lowest BCUT2D eigenvalue weighted by atomic mass is 9.89. The Hall–Kier alpha value is -3.03. The zero-order chi connectivity index (χ0) is 20.9. The van der Waals surface area contributed by atoms with Crippen LogP contribution in [-0.2, 0) is 0 Å². The predicted octanol–water partition coefficient (Wildman–Crippen LogP) is 6.06. The molecule has 0 bridgehead atoms. The molecule has 0 unspecified atom stereocenters. The number of hydrogen-bond acceptors (Lipinski definition) is 4. The Labute approximate surface area is 182 Å². The maximum Gasteiger partial charge on any atom is 0.128 e. The Morgan fingerprint density at radius 1 is 1.13 bits per heavy atom. The summed E-state index contributed by atoms with van der Waals surface area (Å²) in [6, 6.07) is 20.1. The summed E-state index contributed by atoms with van der Waals surface area (Å²) >= 11 is 6.04. The van der Waals surface area contributed by atoms with Crippen molar-refractivity contribution in [1.29, 1.82) is 5.26 Å². The van der Waals surface area contributed by atoms with Gasteiger partial charge >= 0.3 is 0 Å². The predicted molar refractivity (Wildman–Crippen MR) is 121 cm³/mol. The zero-order valence-electron chi connectivity index (χ0n) is 17.0. The number of ether oxygens (including phenoxy) is 1. The number of nitriles is 1. The number of aromatic nitrogens is 1. The van der Waals surface area contributed by atoms with Gasteiger partial charge in [-0.3, -0.25) is 4.98 Å². The second-order valence-electron chi connectivity index (χ2n) is 7.44. The summed E-state index contributed by atoms with van der Waals surface area (Å²) in [5.41, 5.74) is 4.83. The van der Waals surface area contributed by atoms with Crippen LogP contribution in [0.2, 0.25) is 5.02 Å². The van der Waals surface area contributed by atoms with Gasteiger partial charge in [-0.05, 0) is 67.6 Å². The van der Waals surface area contributed by atoms with Crippen molar-refractivity contribution in [3.8, 4) is 23.1 Å². The van der Waals surface area contributed by atoms with Crippen molar-refractivity contribution < 1.29 is 4.74 Å². The molecule has 0 radical (unpaired) electrons. The van der Waals surface area contributed by atoms with Crippen LogP contribution in [-0.4, -0.2) is 24.7 Å². The van der Waals surface area contributed by atoms with Crippen LogP contribution < -0.4 is 9.64 Å². The standard InChI is InChI=1S/C25H24ClN3O/c1-2-30-25-6-4-3-5-22(25)23-9-7-19(17-28-23)18-11-13-29(14-12-18)24-10-8-21(26)15-20(24)16-27/h3-10,15,17-18H,2,11-14H2,1H3. The van der Waals surface area contributed by atoms with Crippen molar-refractivity contribution in [1.82, 2.24) is 4.98 Å². The largest absolute Gasteiger partial charge is 0.493 e. The van der Waals surface area contributed by atoms with Gasteiger partial charge in [-0.2, -0.15) is 5.26 Å². The number of benzene rings is 2. The minimum Gasteiger partial charge on any atom is -0.493 e. The molecule has 1 aliphatic heterocycles. The van der Waals surface area contributed by atoms with Crippen LogP contribution >= 0.6 is 11.6 Å². The number of anilines is 1. The van der Waals surface area contributed by atoms with Crippen molar-refractivity contribution in [3.05, 3.63) is 76.9 Å². The Morgan fingerprint density at radius 3 is 2.63 bits per heavy atom. The maximum atomic E-state index is 9.42. The Morgan fingerprint density at radius 2 is 1.93 bits per heavy atom. The molecule has 0 atom stereocenters. The lowest BCUT2D eigenvalue weighted by Gasteiger charge is -2.34. The molecule has 1 fully saturated rings. The molecule has 0 aliphatic carbocycles. The molecular weight excluding hydrogens is 394 g/mol. The van der Waals surface area contributed by atoms with Crippen molar-refractivity contribution >= 4 is 17.3 Å². The lowest BCUT2D eigenvalue weighted by Crippen LogP contribution is -2.33. The molecule has 5 heteroatoms. The first-order valence-electron chi connectivity index (χ1n) is 10.3. The highest BCUT2D eigenvalue weighted by Crippen LogP contribution is 2.34. The molecule has 1 aliphatic rings. The van der Waals surface area contributed by atoms with Crippen LogP contribution in [0.5, 0.6) is 5.75 Å². The minimum atomic E-state index is 0.475. The highest BCUT2D eigenvalue weighted by molar-refractivity contribution is 6.30. The summed E-state index contributed by atoms with van der Waals surface area (Å²) in [5, 5.41) is 10.0. The highest BCUT2D eigenvalue weighted by Gasteiger charge is 2.23.